The van der Waals surface area contributed by atoms with E-state index in [0.29, 0.717) is 17.0 Å². The molecule has 0 atom stereocenters. The van der Waals surface area contributed by atoms with E-state index in [4.69, 9.17) is 4.74 Å². The monoisotopic (exact) mass is 363 g/mol. The fraction of sp³-hybridized carbons (Fsp3) is 0.0500. The second-order valence-electron chi connectivity index (χ2n) is 5.57. The molecule has 7 nitrogen and oxygen atoms in total. The number of ether oxygens (including phenoxy) is 1. The third kappa shape index (κ3) is 4.04. The lowest BCUT2D eigenvalue weighted by atomic mass is 10.0. The molecular formula is C20H17N3O4. The second kappa shape index (κ2) is 8.01. The quantitative estimate of drug-likeness (QED) is 0.377. The molecule has 2 amide bonds. The Bertz CT molecular complexity index is 1030. The molecule has 0 aliphatic heterocycles. The molecule has 0 aliphatic carbocycles. The number of hydrazone groups is 1. The molecular weight excluding hydrogens is 346 g/mol. The molecule has 0 aromatic heterocycles. The minimum atomic E-state index is -0.947. The Morgan fingerprint density at radius 1 is 1.00 bits per heavy atom. The minimum Gasteiger partial charge on any atom is -0.507 e. The van der Waals surface area contributed by atoms with Gasteiger partial charge in [0.25, 0.3) is 0 Å². The first-order valence-corrected chi connectivity index (χ1v) is 8.08. The highest BCUT2D eigenvalue weighted by molar-refractivity contribution is 6.39. The number of phenols is 1. The van der Waals surface area contributed by atoms with Gasteiger partial charge in [-0.25, -0.2) is 5.43 Å². The van der Waals surface area contributed by atoms with E-state index in [1.165, 1.54) is 13.3 Å². The van der Waals surface area contributed by atoms with E-state index in [1.54, 1.807) is 36.4 Å². The van der Waals surface area contributed by atoms with E-state index < -0.39 is 11.8 Å². The van der Waals surface area contributed by atoms with Gasteiger partial charge in [-0.1, -0.05) is 42.5 Å². The van der Waals surface area contributed by atoms with Crippen molar-refractivity contribution in [2.45, 2.75) is 0 Å². The summed E-state index contributed by atoms with van der Waals surface area (Å²) < 4.78 is 5.12. The maximum Gasteiger partial charge on any atom is 0.329 e. The normalized spacial score (nSPS) is 10.7. The van der Waals surface area contributed by atoms with E-state index in [2.05, 4.69) is 15.8 Å². The van der Waals surface area contributed by atoms with Crippen molar-refractivity contribution in [1.82, 2.24) is 5.43 Å². The zero-order valence-electron chi connectivity index (χ0n) is 14.5. The number of rotatable bonds is 4. The van der Waals surface area contributed by atoms with Crippen LogP contribution in [0.3, 0.4) is 0 Å². The fourth-order valence-corrected chi connectivity index (χ4v) is 2.55. The number of nitrogens with one attached hydrogen (secondary N) is 2. The maximum absolute atomic E-state index is 12.0. The van der Waals surface area contributed by atoms with Gasteiger partial charge < -0.3 is 15.2 Å². The van der Waals surface area contributed by atoms with Crippen LogP contribution in [0.15, 0.2) is 65.8 Å². The number of hydrogen-bond acceptors (Lipinski definition) is 5. The highest BCUT2D eigenvalue weighted by atomic mass is 16.5. The summed E-state index contributed by atoms with van der Waals surface area (Å²) in [5.74, 6) is -1.39. The molecule has 0 unspecified atom stereocenters. The topological polar surface area (TPSA) is 100 Å². The van der Waals surface area contributed by atoms with Gasteiger partial charge in [0.05, 0.1) is 19.0 Å². The van der Waals surface area contributed by atoms with Gasteiger partial charge in [-0.3, -0.25) is 9.59 Å². The molecule has 27 heavy (non-hydrogen) atoms. The van der Waals surface area contributed by atoms with Crippen LogP contribution in [0.25, 0.3) is 10.8 Å². The number of para-hydroxylation sites is 2. The zero-order chi connectivity index (χ0) is 19.2. The van der Waals surface area contributed by atoms with Crippen molar-refractivity contribution in [3.05, 3.63) is 66.2 Å². The van der Waals surface area contributed by atoms with Crippen LogP contribution in [-0.4, -0.2) is 30.2 Å². The molecule has 3 aromatic carbocycles. The van der Waals surface area contributed by atoms with Crippen LogP contribution in [0.1, 0.15) is 5.56 Å². The molecule has 0 saturated carbocycles. The first kappa shape index (κ1) is 17.9. The van der Waals surface area contributed by atoms with E-state index >= 15 is 0 Å². The van der Waals surface area contributed by atoms with Crippen LogP contribution in [-0.2, 0) is 9.59 Å². The molecule has 0 bridgehead atoms. The Labute approximate surface area is 155 Å². The van der Waals surface area contributed by atoms with Crippen molar-refractivity contribution >= 4 is 34.5 Å². The predicted octanol–water partition coefficient (Wildman–Crippen LogP) is 2.64. The average molecular weight is 363 g/mol. The molecule has 3 N–H and O–H groups in total. The highest BCUT2D eigenvalue weighted by Gasteiger charge is 2.15. The van der Waals surface area contributed by atoms with Crippen molar-refractivity contribution < 1.29 is 19.4 Å². The molecule has 0 spiro atoms. The third-order valence-corrected chi connectivity index (χ3v) is 3.87. The van der Waals surface area contributed by atoms with Gasteiger partial charge in [0, 0.05) is 5.56 Å². The Kier molecular flexibility index (Phi) is 5.32. The Morgan fingerprint density at radius 3 is 2.56 bits per heavy atom. The Hall–Kier alpha value is -3.87. The smallest absolute Gasteiger partial charge is 0.329 e. The van der Waals surface area contributed by atoms with Gasteiger partial charge in [-0.15, -0.1) is 0 Å². The molecule has 3 aromatic rings. The molecule has 0 fully saturated rings. The lowest BCUT2D eigenvalue weighted by Crippen LogP contribution is -2.32. The van der Waals surface area contributed by atoms with Gasteiger partial charge in [-0.2, -0.15) is 5.10 Å². The molecule has 0 radical (unpaired) electrons. The minimum absolute atomic E-state index is 0.0187. The number of methoxy groups -OCH3 is 1. The van der Waals surface area contributed by atoms with Crippen molar-refractivity contribution in [2.75, 3.05) is 12.4 Å². The van der Waals surface area contributed by atoms with Crippen LogP contribution in [0.2, 0.25) is 0 Å². The number of aromatic hydroxyl groups is 1. The number of hydrogen-bond donors (Lipinski definition) is 3. The van der Waals surface area contributed by atoms with Gasteiger partial charge in [0.2, 0.25) is 0 Å². The van der Waals surface area contributed by atoms with Crippen LogP contribution < -0.4 is 15.5 Å². The van der Waals surface area contributed by atoms with Gasteiger partial charge in [-0.05, 0) is 29.0 Å². The number of fused-ring (bicyclic) bond motifs is 1. The van der Waals surface area contributed by atoms with Crippen molar-refractivity contribution in [2.24, 2.45) is 5.10 Å². The van der Waals surface area contributed by atoms with Crippen LogP contribution in [0.5, 0.6) is 11.5 Å². The van der Waals surface area contributed by atoms with Crippen LogP contribution in [0, 0.1) is 0 Å². The van der Waals surface area contributed by atoms with Crippen molar-refractivity contribution in [1.29, 1.82) is 0 Å². The molecule has 0 aliphatic rings. The van der Waals surface area contributed by atoms with Gasteiger partial charge >= 0.3 is 11.8 Å². The number of anilines is 1. The first-order valence-electron chi connectivity index (χ1n) is 8.08. The fourth-order valence-electron chi connectivity index (χ4n) is 2.55. The second-order valence-corrected chi connectivity index (χ2v) is 5.57. The number of phenolic OH excluding ortho intramolecular Hbond substituents is 1. The summed E-state index contributed by atoms with van der Waals surface area (Å²) in [5, 5.41) is 18.0. The molecule has 136 valence electrons. The summed E-state index contributed by atoms with van der Waals surface area (Å²) >= 11 is 0. The summed E-state index contributed by atoms with van der Waals surface area (Å²) in [7, 11) is 1.46. The SMILES string of the molecule is COc1ccccc1NC(=O)C(=O)NN=Cc1c(O)ccc2ccccc12. The van der Waals surface area contributed by atoms with E-state index in [1.807, 2.05) is 24.3 Å². The highest BCUT2D eigenvalue weighted by Crippen LogP contribution is 2.25. The largest absolute Gasteiger partial charge is 0.507 e. The van der Waals surface area contributed by atoms with Crippen molar-refractivity contribution in [3.63, 3.8) is 0 Å². The number of nitrogens with zero attached hydrogens (tertiary/aromatic N) is 1. The van der Waals surface area contributed by atoms with E-state index in [9.17, 15) is 14.7 Å². The lowest BCUT2D eigenvalue weighted by molar-refractivity contribution is -0.136. The van der Waals surface area contributed by atoms with Crippen LogP contribution >= 0.6 is 0 Å². The molecule has 3 rings (SSSR count). The number of carbonyl (C=O) groups is 2. The summed E-state index contributed by atoms with van der Waals surface area (Å²) in [6.07, 6.45) is 1.30. The standard InChI is InChI=1S/C20H17N3O4/c1-27-18-9-5-4-8-16(18)22-19(25)20(26)23-21-12-15-14-7-3-2-6-13(14)10-11-17(15)24/h2-12,24H,1H3,(H,22,25)(H,23,26). The average Bonchev–Trinajstić information content (AvgIpc) is 2.69. The lowest BCUT2D eigenvalue weighted by Gasteiger charge is -2.08. The predicted molar refractivity (Wildman–Crippen MR) is 103 cm³/mol. The van der Waals surface area contributed by atoms with Crippen molar-refractivity contribution in [3.8, 4) is 11.5 Å². The number of amides is 2. The van der Waals surface area contributed by atoms with Gasteiger partial charge in [0.1, 0.15) is 11.5 Å². The van der Waals surface area contributed by atoms with Crippen LogP contribution in [0.4, 0.5) is 5.69 Å². The summed E-state index contributed by atoms with van der Waals surface area (Å²) in [4.78, 5) is 23.9. The third-order valence-electron chi connectivity index (χ3n) is 3.87. The zero-order valence-corrected chi connectivity index (χ0v) is 14.5. The maximum atomic E-state index is 12.0. The summed E-state index contributed by atoms with van der Waals surface area (Å²) in [6, 6.07) is 17.5. The Morgan fingerprint density at radius 2 is 1.74 bits per heavy atom. The number of benzene rings is 3. The molecule has 7 heteroatoms. The number of carbonyl (C=O) groups excluding carboxylic acids is 2. The van der Waals surface area contributed by atoms with Gasteiger partial charge in [0.15, 0.2) is 0 Å². The van der Waals surface area contributed by atoms with E-state index in [0.717, 1.165) is 10.8 Å². The Balaban J connectivity index is 1.70. The first-order chi connectivity index (χ1) is 13.1. The summed E-state index contributed by atoms with van der Waals surface area (Å²) in [5.41, 5.74) is 2.96. The molecule has 0 heterocycles. The van der Waals surface area contributed by atoms with E-state index in [-0.39, 0.29) is 5.75 Å². The summed E-state index contributed by atoms with van der Waals surface area (Å²) in [6.45, 7) is 0. The molecule has 0 saturated heterocycles.